The number of carbonyl (C=O) groups is 2. The molecule has 0 spiro atoms. The highest BCUT2D eigenvalue weighted by molar-refractivity contribution is 7.47. The SMILES string of the molecule is CCCCC/C=C\CC1OC1C/C=C\C/C=C\CCCC(=O)OC[C@H](COP(=O)(O)O[C@H]1C(O)C(O)C(O)[C@@H](OP(=O)(O)O)C1O)OC(=O)CCCCCCCCCCCCCCCCCCC. The Bertz CT molecular complexity index is 1520. The average molecular weight is 1010 g/mol. The maximum atomic E-state index is 13.0. The standard InChI is InChI=1S/C49H88O17P2/c1-3-5-7-9-11-12-13-14-15-16-17-18-19-20-23-28-32-36-43(51)63-39(38-62-68(59,60)66-49-46(54)44(52)45(53)48(47(49)55)65-67(56,57)58)37-61-42(50)35-31-27-24-21-22-26-30-34-41-40(64-41)33-29-25-10-8-6-4-2/h21,24-26,29-30,39-41,44-49,52-55H,3-20,22-23,27-28,31-38H2,1-2H3,(H,59,60)(H2,56,57,58)/b24-21-,29-25-,30-26-/t39-,40?,41?,44?,45?,46?,47?,48-,49+/m1/s1. The fourth-order valence-corrected chi connectivity index (χ4v) is 9.54. The van der Waals surface area contributed by atoms with Gasteiger partial charge in [0, 0.05) is 12.8 Å². The van der Waals surface area contributed by atoms with Crippen LogP contribution in [-0.2, 0) is 46.5 Å². The molecule has 7 N–H and O–H groups in total. The monoisotopic (exact) mass is 1010 g/mol. The zero-order chi connectivity index (χ0) is 50.0. The molecule has 0 aromatic carbocycles. The Labute approximate surface area is 406 Å². The van der Waals surface area contributed by atoms with Crippen LogP contribution in [0, 0.1) is 0 Å². The molecular weight excluding hydrogens is 922 g/mol. The van der Waals surface area contributed by atoms with Gasteiger partial charge in [-0.15, -0.1) is 0 Å². The van der Waals surface area contributed by atoms with Gasteiger partial charge >= 0.3 is 27.6 Å². The molecule has 68 heavy (non-hydrogen) atoms. The van der Waals surface area contributed by atoms with E-state index < -0.39 is 83.5 Å². The molecule has 1 saturated carbocycles. The van der Waals surface area contributed by atoms with Gasteiger partial charge < -0.3 is 49.3 Å². The normalized spacial score (nSPS) is 24.5. The highest BCUT2D eigenvalue weighted by Crippen LogP contribution is 2.49. The number of unbranched alkanes of at least 4 members (excludes halogenated alkanes) is 20. The Morgan fingerprint density at radius 3 is 1.54 bits per heavy atom. The Balaban J connectivity index is 1.78. The van der Waals surface area contributed by atoms with Gasteiger partial charge in [-0.1, -0.05) is 166 Å². The van der Waals surface area contributed by atoms with Crippen molar-refractivity contribution in [2.45, 2.75) is 249 Å². The quantitative estimate of drug-likeness (QED) is 0.00987. The Hall–Kier alpha value is -1.82. The third-order valence-corrected chi connectivity index (χ3v) is 13.6. The van der Waals surface area contributed by atoms with E-state index in [2.05, 4.69) is 42.7 Å². The summed E-state index contributed by atoms with van der Waals surface area (Å²) in [5.41, 5.74) is 0. The molecule has 396 valence electrons. The highest BCUT2D eigenvalue weighted by Gasteiger charge is 2.54. The second kappa shape index (κ2) is 37.0. The summed E-state index contributed by atoms with van der Waals surface area (Å²) in [4.78, 5) is 54.4. The van der Waals surface area contributed by atoms with E-state index in [1.807, 2.05) is 12.2 Å². The van der Waals surface area contributed by atoms with Crippen LogP contribution in [0.25, 0.3) is 0 Å². The van der Waals surface area contributed by atoms with E-state index in [1.165, 1.54) is 96.3 Å². The number of aliphatic hydroxyl groups is 4. The van der Waals surface area contributed by atoms with Gasteiger partial charge in [-0.25, -0.2) is 9.13 Å². The predicted octanol–water partition coefficient (Wildman–Crippen LogP) is 9.28. The van der Waals surface area contributed by atoms with Crippen molar-refractivity contribution in [1.29, 1.82) is 0 Å². The summed E-state index contributed by atoms with van der Waals surface area (Å²) in [5, 5.41) is 41.3. The minimum atomic E-state index is -5.37. The third-order valence-electron chi connectivity index (χ3n) is 12.1. The molecule has 0 aromatic heterocycles. The van der Waals surface area contributed by atoms with E-state index in [1.54, 1.807) is 0 Å². The van der Waals surface area contributed by atoms with Crippen LogP contribution in [0.1, 0.15) is 194 Å². The smallest absolute Gasteiger partial charge is 0.462 e. The topological polar surface area (TPSA) is 269 Å². The average Bonchev–Trinajstić information content (AvgIpc) is 4.05. The van der Waals surface area contributed by atoms with Gasteiger partial charge in [-0.05, 0) is 51.4 Å². The highest BCUT2D eigenvalue weighted by atomic mass is 31.2. The summed E-state index contributed by atoms with van der Waals surface area (Å²) in [6, 6.07) is 0. The van der Waals surface area contributed by atoms with Crippen LogP contribution in [0.5, 0.6) is 0 Å². The molecule has 0 bridgehead atoms. The lowest BCUT2D eigenvalue weighted by Gasteiger charge is -2.43. The van der Waals surface area contributed by atoms with E-state index >= 15 is 0 Å². The number of phosphoric ester groups is 2. The fraction of sp³-hybridized carbons (Fsp3) is 0.837. The van der Waals surface area contributed by atoms with E-state index in [0.29, 0.717) is 25.4 Å². The van der Waals surface area contributed by atoms with Crippen LogP contribution in [-0.4, -0.2) is 115 Å². The molecule has 1 heterocycles. The first-order valence-corrected chi connectivity index (χ1v) is 28.7. The number of hydrogen-bond acceptors (Lipinski definition) is 14. The third kappa shape index (κ3) is 30.1. The molecule has 7 unspecified atom stereocenters. The van der Waals surface area contributed by atoms with Crippen LogP contribution in [0.2, 0.25) is 0 Å². The molecule has 2 fully saturated rings. The summed E-state index contributed by atoms with van der Waals surface area (Å²) in [7, 11) is -10.7. The first-order valence-electron chi connectivity index (χ1n) is 25.7. The minimum absolute atomic E-state index is 0.0330. The van der Waals surface area contributed by atoms with Crippen LogP contribution < -0.4 is 0 Å². The van der Waals surface area contributed by atoms with Crippen molar-refractivity contribution >= 4 is 27.6 Å². The van der Waals surface area contributed by atoms with Crippen LogP contribution in [0.4, 0.5) is 0 Å². The van der Waals surface area contributed by atoms with Gasteiger partial charge in [0.2, 0.25) is 0 Å². The van der Waals surface area contributed by atoms with Crippen molar-refractivity contribution in [3.63, 3.8) is 0 Å². The molecule has 10 atom stereocenters. The second-order valence-electron chi connectivity index (χ2n) is 18.3. The molecule has 19 heteroatoms. The minimum Gasteiger partial charge on any atom is -0.462 e. The lowest BCUT2D eigenvalue weighted by atomic mass is 9.85. The van der Waals surface area contributed by atoms with E-state index in [4.69, 9.17) is 23.3 Å². The van der Waals surface area contributed by atoms with Crippen molar-refractivity contribution in [2.75, 3.05) is 13.2 Å². The number of aliphatic hydroxyl groups excluding tert-OH is 4. The van der Waals surface area contributed by atoms with Gasteiger partial charge in [0.1, 0.15) is 43.2 Å². The fourth-order valence-electron chi connectivity index (χ4n) is 8.00. The van der Waals surface area contributed by atoms with E-state index in [9.17, 15) is 53.8 Å². The molecule has 17 nitrogen and oxygen atoms in total. The van der Waals surface area contributed by atoms with Crippen molar-refractivity contribution in [1.82, 2.24) is 0 Å². The van der Waals surface area contributed by atoms with E-state index in [0.717, 1.165) is 51.4 Å². The number of carbonyl (C=O) groups excluding carboxylic acids is 2. The van der Waals surface area contributed by atoms with Crippen LogP contribution in [0.15, 0.2) is 36.5 Å². The van der Waals surface area contributed by atoms with Gasteiger partial charge in [-0.3, -0.25) is 23.2 Å². The molecule has 1 aliphatic heterocycles. The van der Waals surface area contributed by atoms with Crippen LogP contribution in [0.3, 0.4) is 0 Å². The van der Waals surface area contributed by atoms with Gasteiger partial charge in [0.15, 0.2) is 6.10 Å². The largest absolute Gasteiger partial charge is 0.472 e. The number of allylic oxidation sites excluding steroid dienone is 4. The number of rotatable bonds is 42. The molecule has 1 saturated heterocycles. The first kappa shape index (κ1) is 62.3. The first-order chi connectivity index (χ1) is 32.6. The van der Waals surface area contributed by atoms with Crippen molar-refractivity contribution in [2.24, 2.45) is 0 Å². The summed E-state index contributed by atoms with van der Waals surface area (Å²) in [6.45, 7) is 3.05. The molecule has 2 aliphatic rings. The maximum absolute atomic E-state index is 13.0. The molecule has 0 amide bonds. The number of phosphoric acid groups is 2. The number of ether oxygens (including phenoxy) is 3. The zero-order valence-corrected chi connectivity index (χ0v) is 42.8. The molecule has 2 rings (SSSR count). The summed E-state index contributed by atoms with van der Waals surface area (Å²) < 4.78 is 55.2. The number of esters is 2. The summed E-state index contributed by atoms with van der Waals surface area (Å²) in [5.74, 6) is -1.27. The molecule has 0 aromatic rings. The summed E-state index contributed by atoms with van der Waals surface area (Å²) in [6.07, 6.45) is 27.0. The molecule has 0 radical (unpaired) electrons. The molecule has 1 aliphatic carbocycles. The summed E-state index contributed by atoms with van der Waals surface area (Å²) >= 11 is 0. The van der Waals surface area contributed by atoms with Gasteiger partial charge in [-0.2, -0.15) is 0 Å². The Morgan fingerprint density at radius 2 is 0.985 bits per heavy atom. The van der Waals surface area contributed by atoms with Gasteiger partial charge in [0.25, 0.3) is 0 Å². The maximum Gasteiger partial charge on any atom is 0.472 e. The predicted molar refractivity (Wildman–Crippen MR) is 259 cm³/mol. The van der Waals surface area contributed by atoms with Crippen molar-refractivity contribution in [3.8, 4) is 0 Å². The van der Waals surface area contributed by atoms with Crippen molar-refractivity contribution in [3.05, 3.63) is 36.5 Å². The lowest BCUT2D eigenvalue weighted by molar-refractivity contribution is -0.216. The number of epoxide rings is 1. The Kier molecular flexibility index (Phi) is 33.9. The zero-order valence-electron chi connectivity index (χ0n) is 41.0. The number of hydrogen-bond donors (Lipinski definition) is 7. The Morgan fingerprint density at radius 1 is 0.529 bits per heavy atom. The van der Waals surface area contributed by atoms with Crippen molar-refractivity contribution < 1.29 is 81.6 Å². The van der Waals surface area contributed by atoms with Gasteiger partial charge in [0.05, 0.1) is 18.8 Å². The second-order valence-corrected chi connectivity index (χ2v) is 20.9. The molecular formula is C49H88O17P2. The van der Waals surface area contributed by atoms with E-state index in [-0.39, 0.29) is 18.9 Å². The lowest BCUT2D eigenvalue weighted by Crippen LogP contribution is -2.64. The van der Waals surface area contributed by atoms with Crippen LogP contribution >= 0.6 is 15.6 Å².